The number of carbonyl (C=O) groups excluding carboxylic acids is 1. The zero-order valence-corrected chi connectivity index (χ0v) is 18.0. The van der Waals surface area contributed by atoms with Gasteiger partial charge in [0, 0.05) is 12.5 Å². The first kappa shape index (κ1) is 20.9. The number of hydrogen-bond donors (Lipinski definition) is 2. The molecule has 0 aliphatic heterocycles. The van der Waals surface area contributed by atoms with Crippen molar-refractivity contribution in [1.82, 2.24) is 20.1 Å². The van der Waals surface area contributed by atoms with E-state index in [1.165, 1.54) is 35.1 Å². The van der Waals surface area contributed by atoms with Crippen molar-refractivity contribution in [2.24, 2.45) is 0 Å². The maximum atomic E-state index is 12.4. The van der Waals surface area contributed by atoms with Crippen molar-refractivity contribution in [3.8, 4) is 0 Å². The summed E-state index contributed by atoms with van der Waals surface area (Å²) in [6, 6.07) is 11.0. The standard InChI is InChI=1S/C21H31N5OS/c1-4-18(25(2)3)20-23-24-21(26(20)14-16-10-6-5-7-11-16)28-15-19(27)22-17-12-8-9-13-17/h5-7,10-11,17-18H,4,8-9,12-15H2,1-3H3,(H,22,27)/p+1/t18-/m1/s1. The maximum Gasteiger partial charge on any atom is 0.230 e. The van der Waals surface area contributed by atoms with Crippen molar-refractivity contribution in [2.45, 2.75) is 62.8 Å². The smallest absolute Gasteiger partial charge is 0.230 e. The fourth-order valence-electron chi connectivity index (χ4n) is 3.90. The molecule has 2 N–H and O–H groups in total. The van der Waals surface area contributed by atoms with Crippen molar-refractivity contribution in [1.29, 1.82) is 0 Å². The fourth-order valence-corrected chi connectivity index (χ4v) is 4.65. The Bertz CT molecular complexity index is 755. The largest absolute Gasteiger partial charge is 0.353 e. The highest BCUT2D eigenvalue weighted by atomic mass is 32.2. The van der Waals surface area contributed by atoms with E-state index in [-0.39, 0.29) is 11.9 Å². The maximum absolute atomic E-state index is 12.4. The van der Waals surface area contributed by atoms with Crippen LogP contribution in [-0.2, 0) is 11.3 Å². The molecule has 28 heavy (non-hydrogen) atoms. The molecule has 0 spiro atoms. The molecule has 1 heterocycles. The Hall–Kier alpha value is -1.86. The first-order chi connectivity index (χ1) is 13.6. The molecule has 0 radical (unpaired) electrons. The summed E-state index contributed by atoms with van der Waals surface area (Å²) >= 11 is 1.49. The molecule has 1 fully saturated rings. The van der Waals surface area contributed by atoms with Crippen molar-refractivity contribution >= 4 is 17.7 Å². The molecule has 3 rings (SSSR count). The average molecular weight is 403 g/mol. The van der Waals surface area contributed by atoms with Gasteiger partial charge in [0.05, 0.1) is 26.4 Å². The van der Waals surface area contributed by atoms with Gasteiger partial charge in [0.2, 0.25) is 5.91 Å². The third-order valence-corrected chi connectivity index (χ3v) is 6.37. The number of thioether (sulfide) groups is 1. The van der Waals surface area contributed by atoms with E-state index in [2.05, 4.69) is 65.4 Å². The van der Waals surface area contributed by atoms with Gasteiger partial charge in [0.25, 0.3) is 0 Å². The van der Waals surface area contributed by atoms with Crippen LogP contribution in [0.1, 0.15) is 56.5 Å². The number of amides is 1. The van der Waals surface area contributed by atoms with Crippen molar-refractivity contribution in [3.63, 3.8) is 0 Å². The van der Waals surface area contributed by atoms with Crippen LogP contribution in [0.5, 0.6) is 0 Å². The van der Waals surface area contributed by atoms with Crippen LogP contribution >= 0.6 is 11.8 Å². The van der Waals surface area contributed by atoms with Crippen LogP contribution in [-0.4, -0.2) is 46.6 Å². The Kier molecular flexibility index (Phi) is 7.50. The van der Waals surface area contributed by atoms with E-state index in [1.54, 1.807) is 0 Å². The summed E-state index contributed by atoms with van der Waals surface area (Å²) in [7, 11) is 4.30. The number of aromatic nitrogens is 3. The normalized spacial score (nSPS) is 15.9. The lowest BCUT2D eigenvalue weighted by atomic mass is 10.2. The first-order valence-corrected chi connectivity index (χ1v) is 11.3. The number of rotatable bonds is 9. The minimum atomic E-state index is 0.0954. The molecule has 152 valence electrons. The van der Waals surface area contributed by atoms with Gasteiger partial charge in [-0.25, -0.2) is 0 Å². The van der Waals surface area contributed by atoms with Crippen LogP contribution in [0.3, 0.4) is 0 Å². The van der Waals surface area contributed by atoms with Gasteiger partial charge in [-0.1, -0.05) is 61.9 Å². The molecule has 1 amide bonds. The molecule has 0 bridgehead atoms. The molecule has 1 aliphatic rings. The van der Waals surface area contributed by atoms with Gasteiger partial charge in [-0.2, -0.15) is 0 Å². The molecule has 0 saturated heterocycles. The van der Waals surface area contributed by atoms with Crippen LogP contribution in [0.25, 0.3) is 0 Å². The molecule has 0 unspecified atom stereocenters. The van der Waals surface area contributed by atoms with Crippen LogP contribution < -0.4 is 10.2 Å². The molecular formula is C21H32N5OS+. The lowest BCUT2D eigenvalue weighted by molar-refractivity contribution is -0.893. The van der Waals surface area contributed by atoms with E-state index in [9.17, 15) is 4.79 Å². The van der Waals surface area contributed by atoms with E-state index < -0.39 is 0 Å². The summed E-state index contributed by atoms with van der Waals surface area (Å²) in [5, 5.41) is 13.0. The van der Waals surface area contributed by atoms with Crippen molar-refractivity contribution in [2.75, 3.05) is 19.8 Å². The summed E-state index contributed by atoms with van der Waals surface area (Å²) in [4.78, 5) is 13.7. The Morgan fingerprint density at radius 3 is 2.61 bits per heavy atom. The van der Waals surface area contributed by atoms with Crippen LogP contribution in [0.2, 0.25) is 0 Å². The first-order valence-electron chi connectivity index (χ1n) is 10.3. The minimum absolute atomic E-state index is 0.0954. The Labute approximate surface area is 172 Å². The number of nitrogens with zero attached hydrogens (tertiary/aromatic N) is 3. The van der Waals surface area contributed by atoms with Gasteiger partial charge >= 0.3 is 0 Å². The number of quaternary nitrogens is 1. The van der Waals surface area contributed by atoms with Gasteiger partial charge in [0.15, 0.2) is 11.0 Å². The molecule has 1 atom stereocenters. The van der Waals surface area contributed by atoms with E-state index in [1.807, 2.05) is 6.07 Å². The van der Waals surface area contributed by atoms with Crippen LogP contribution in [0.4, 0.5) is 0 Å². The predicted molar refractivity (Wildman–Crippen MR) is 113 cm³/mol. The Balaban J connectivity index is 1.75. The Morgan fingerprint density at radius 2 is 1.96 bits per heavy atom. The van der Waals surface area contributed by atoms with E-state index in [4.69, 9.17) is 0 Å². The third kappa shape index (κ3) is 5.35. The molecule has 1 saturated carbocycles. The second-order valence-electron chi connectivity index (χ2n) is 7.79. The molecular weight excluding hydrogens is 370 g/mol. The van der Waals surface area contributed by atoms with E-state index >= 15 is 0 Å². The molecule has 1 aliphatic carbocycles. The highest BCUT2D eigenvalue weighted by Gasteiger charge is 2.25. The summed E-state index contributed by atoms with van der Waals surface area (Å²) in [6.07, 6.45) is 5.64. The summed E-state index contributed by atoms with van der Waals surface area (Å²) in [5.74, 6) is 1.47. The molecule has 7 heteroatoms. The van der Waals surface area contributed by atoms with Gasteiger partial charge < -0.3 is 10.2 Å². The van der Waals surface area contributed by atoms with Crippen LogP contribution in [0, 0.1) is 0 Å². The minimum Gasteiger partial charge on any atom is -0.353 e. The monoisotopic (exact) mass is 402 g/mol. The quantitative estimate of drug-likeness (QED) is 0.631. The van der Waals surface area contributed by atoms with E-state index in [0.717, 1.165) is 36.8 Å². The highest BCUT2D eigenvalue weighted by molar-refractivity contribution is 7.99. The predicted octanol–water partition coefficient (Wildman–Crippen LogP) is 2.07. The number of benzene rings is 1. The van der Waals surface area contributed by atoms with Gasteiger partial charge in [-0.05, 0) is 18.4 Å². The van der Waals surface area contributed by atoms with Crippen molar-refractivity contribution < 1.29 is 9.69 Å². The number of carbonyl (C=O) groups is 1. The lowest BCUT2D eigenvalue weighted by Gasteiger charge is -2.20. The van der Waals surface area contributed by atoms with Crippen LogP contribution in [0.15, 0.2) is 35.5 Å². The molecule has 2 aromatic rings. The number of nitrogens with one attached hydrogen (secondary N) is 2. The second-order valence-corrected chi connectivity index (χ2v) is 8.73. The van der Waals surface area contributed by atoms with Crippen molar-refractivity contribution in [3.05, 3.63) is 41.7 Å². The third-order valence-electron chi connectivity index (χ3n) is 5.40. The molecule has 6 nitrogen and oxygen atoms in total. The van der Waals surface area contributed by atoms with E-state index in [0.29, 0.717) is 11.8 Å². The fraction of sp³-hybridized carbons (Fsp3) is 0.571. The molecule has 1 aromatic heterocycles. The van der Waals surface area contributed by atoms with Gasteiger partial charge in [-0.3, -0.25) is 9.36 Å². The zero-order valence-electron chi connectivity index (χ0n) is 17.1. The summed E-state index contributed by atoms with van der Waals surface area (Å²) in [6.45, 7) is 2.90. The summed E-state index contributed by atoms with van der Waals surface area (Å²) < 4.78 is 2.18. The summed E-state index contributed by atoms with van der Waals surface area (Å²) in [5.41, 5.74) is 1.21. The van der Waals surface area contributed by atoms with Gasteiger partial charge in [-0.15, -0.1) is 10.2 Å². The highest BCUT2D eigenvalue weighted by Crippen LogP contribution is 2.23. The Morgan fingerprint density at radius 1 is 1.25 bits per heavy atom. The zero-order chi connectivity index (χ0) is 19.9. The number of hydrogen-bond acceptors (Lipinski definition) is 4. The topological polar surface area (TPSA) is 64.2 Å². The molecule has 1 aromatic carbocycles. The van der Waals surface area contributed by atoms with Gasteiger partial charge in [0.1, 0.15) is 6.04 Å². The average Bonchev–Trinajstić information content (AvgIpc) is 3.32. The lowest BCUT2D eigenvalue weighted by Crippen LogP contribution is -3.06. The SMILES string of the molecule is CC[C@H](c1nnc(SCC(=O)NC2CCCC2)n1Cc1ccccc1)[NH+](C)C. The second kappa shape index (κ2) is 10.1.